The van der Waals surface area contributed by atoms with Crippen molar-refractivity contribution in [2.45, 2.75) is 0 Å². The highest BCUT2D eigenvalue weighted by molar-refractivity contribution is 6.29. The zero-order chi connectivity index (χ0) is 38.8. The zero-order valence-corrected chi connectivity index (χ0v) is 31.9. The number of nitriles is 1. The van der Waals surface area contributed by atoms with Gasteiger partial charge in [0.15, 0.2) is 0 Å². The van der Waals surface area contributed by atoms with Crippen LogP contribution in [0.5, 0.6) is 0 Å². The first-order valence-electron chi connectivity index (χ1n) is 20.2. The second-order valence-corrected chi connectivity index (χ2v) is 15.9. The van der Waals surface area contributed by atoms with Crippen LogP contribution in [-0.2, 0) is 0 Å². The first-order chi connectivity index (χ1) is 29.2. The lowest BCUT2D eigenvalue weighted by atomic mass is 9.86. The molecule has 13 rings (SSSR count). The average Bonchev–Trinajstić information content (AvgIpc) is 3.64. The van der Waals surface area contributed by atoms with Crippen molar-refractivity contribution in [1.29, 1.82) is 5.26 Å². The Labute approximate surface area is 339 Å². The van der Waals surface area contributed by atoms with Gasteiger partial charge in [0, 0.05) is 21.8 Å². The quantitative estimate of drug-likeness (QED) is 0.165. The molecule has 0 unspecified atom stereocenters. The Morgan fingerprint density at radius 1 is 0.322 bits per heavy atom. The third-order valence-electron chi connectivity index (χ3n) is 12.9. The number of para-hydroxylation sites is 1. The molecule has 0 saturated heterocycles. The Morgan fingerprint density at radius 3 is 1.36 bits per heavy atom. The van der Waals surface area contributed by atoms with Crippen LogP contribution in [0.3, 0.4) is 0 Å². The molecule has 1 aromatic heterocycles. The molecule has 0 atom stereocenters. The maximum Gasteiger partial charge on any atom is 0.0998 e. The van der Waals surface area contributed by atoms with Crippen LogP contribution in [0.25, 0.3) is 126 Å². The first-order valence-corrected chi connectivity index (χ1v) is 20.2. The highest BCUT2D eigenvalue weighted by Gasteiger charge is 2.21. The van der Waals surface area contributed by atoms with E-state index >= 15 is 0 Å². The lowest BCUT2D eigenvalue weighted by molar-refractivity contribution is 1.18. The number of aromatic nitrogens is 1. The van der Waals surface area contributed by atoms with E-state index in [-0.39, 0.29) is 0 Å². The van der Waals surface area contributed by atoms with Gasteiger partial charge in [0.05, 0.1) is 22.7 Å². The van der Waals surface area contributed by atoms with Crippen LogP contribution in [0.4, 0.5) is 0 Å². The molecule has 12 aromatic carbocycles. The van der Waals surface area contributed by atoms with Gasteiger partial charge in [0.25, 0.3) is 0 Å². The standard InChI is InChI=1S/C57H32N2/c58-33-43-20-28-52-56-48(43)25-26-51-47(27-29-53(57(51)56)59(52)44-8-2-1-3-9-44)42-15-12-38-31-41(14-11-39(38)32-42)46-22-17-36-18-23-49-45(21-16-35-19-24-50(46)55(36)54(35)49)40-13-10-34-6-4-5-7-37(34)30-40/h1-32H. The summed E-state index contributed by atoms with van der Waals surface area (Å²) in [6.07, 6.45) is 0. The number of nitrogens with zero attached hydrogens (tertiary/aromatic N) is 2. The monoisotopic (exact) mass is 744 g/mol. The van der Waals surface area contributed by atoms with Crippen LogP contribution >= 0.6 is 0 Å². The predicted octanol–water partition coefficient (Wildman–Crippen LogP) is 15.5. The fourth-order valence-corrected chi connectivity index (χ4v) is 10.2. The van der Waals surface area contributed by atoms with Crippen molar-refractivity contribution in [1.82, 2.24) is 4.57 Å². The molecule has 0 aliphatic rings. The number of fused-ring (bicyclic) bond motifs is 2. The Morgan fingerprint density at radius 2 is 0.746 bits per heavy atom. The van der Waals surface area contributed by atoms with Crippen molar-refractivity contribution < 1.29 is 0 Å². The van der Waals surface area contributed by atoms with Crippen LogP contribution in [-0.4, -0.2) is 4.57 Å². The van der Waals surface area contributed by atoms with E-state index in [1.807, 2.05) is 6.07 Å². The number of hydrogen-bond donors (Lipinski definition) is 0. The summed E-state index contributed by atoms with van der Waals surface area (Å²) in [6.45, 7) is 0. The Kier molecular flexibility index (Phi) is 6.54. The second-order valence-electron chi connectivity index (χ2n) is 15.9. The maximum absolute atomic E-state index is 10.1. The third-order valence-corrected chi connectivity index (χ3v) is 12.9. The number of benzene rings is 12. The Hall–Kier alpha value is -7.99. The molecule has 2 nitrogen and oxygen atoms in total. The summed E-state index contributed by atoms with van der Waals surface area (Å²) >= 11 is 0. The summed E-state index contributed by atoms with van der Waals surface area (Å²) in [7, 11) is 0. The van der Waals surface area contributed by atoms with Gasteiger partial charge < -0.3 is 4.57 Å². The molecule has 0 fully saturated rings. The molecule has 59 heavy (non-hydrogen) atoms. The molecular weight excluding hydrogens is 713 g/mol. The van der Waals surface area contributed by atoms with Crippen LogP contribution in [0.2, 0.25) is 0 Å². The van der Waals surface area contributed by atoms with Gasteiger partial charge >= 0.3 is 0 Å². The summed E-state index contributed by atoms with van der Waals surface area (Å²) < 4.78 is 2.33. The van der Waals surface area contributed by atoms with Crippen LogP contribution in [0.15, 0.2) is 194 Å². The zero-order valence-electron chi connectivity index (χ0n) is 31.9. The van der Waals surface area contributed by atoms with E-state index in [0.29, 0.717) is 5.56 Å². The average molecular weight is 745 g/mol. The molecule has 13 aromatic rings. The maximum atomic E-state index is 10.1. The largest absolute Gasteiger partial charge is 0.309 e. The fraction of sp³-hybridized carbons (Fsp3) is 0. The molecule has 2 heteroatoms. The fourth-order valence-electron chi connectivity index (χ4n) is 10.2. The SMILES string of the molecule is N#Cc1ccc2c3c1ccc1c(-c4ccc5cc(-c6ccc7ccc8c(-c9ccc%10ccccc%10c9)ccc9ccc6c7c98)ccc5c4)ccc(c13)n2-c1ccccc1. The number of rotatable bonds is 4. The summed E-state index contributed by atoms with van der Waals surface area (Å²) in [4.78, 5) is 0. The summed E-state index contributed by atoms with van der Waals surface area (Å²) in [5.41, 5.74) is 11.4. The van der Waals surface area contributed by atoms with Crippen molar-refractivity contribution in [3.63, 3.8) is 0 Å². The van der Waals surface area contributed by atoms with E-state index in [1.54, 1.807) is 0 Å². The van der Waals surface area contributed by atoms with Gasteiger partial charge in [-0.15, -0.1) is 0 Å². The molecule has 0 aliphatic carbocycles. The lowest BCUT2D eigenvalue weighted by Gasteiger charge is -2.17. The normalized spacial score (nSPS) is 12.1. The minimum absolute atomic E-state index is 0.703. The van der Waals surface area contributed by atoms with Crippen LogP contribution in [0, 0.1) is 11.3 Å². The number of hydrogen-bond acceptors (Lipinski definition) is 1. The molecule has 0 radical (unpaired) electrons. The minimum Gasteiger partial charge on any atom is -0.309 e. The molecule has 0 spiro atoms. The summed E-state index contributed by atoms with van der Waals surface area (Å²) in [5, 5.41) is 27.3. The molecule has 0 amide bonds. The van der Waals surface area contributed by atoms with Gasteiger partial charge in [-0.2, -0.15) is 5.26 Å². The summed E-state index contributed by atoms with van der Waals surface area (Å²) in [6, 6.07) is 73.5. The van der Waals surface area contributed by atoms with E-state index in [0.717, 1.165) is 27.5 Å². The van der Waals surface area contributed by atoms with Gasteiger partial charge in [0.2, 0.25) is 0 Å². The predicted molar refractivity (Wildman–Crippen MR) is 249 cm³/mol. The smallest absolute Gasteiger partial charge is 0.0998 e. The molecule has 0 N–H and O–H groups in total. The Balaban J connectivity index is 0.942. The Bertz CT molecular complexity index is 3900. The molecule has 1 heterocycles. The molecule has 270 valence electrons. The van der Waals surface area contributed by atoms with Crippen molar-refractivity contribution in [2.75, 3.05) is 0 Å². The van der Waals surface area contributed by atoms with Crippen molar-refractivity contribution in [3.05, 3.63) is 200 Å². The van der Waals surface area contributed by atoms with Gasteiger partial charge in [-0.3, -0.25) is 0 Å². The molecular formula is C57H32N2. The summed E-state index contributed by atoms with van der Waals surface area (Å²) in [5.74, 6) is 0. The second kappa shape index (κ2) is 12.0. The van der Waals surface area contributed by atoms with Crippen LogP contribution in [0.1, 0.15) is 5.56 Å². The minimum atomic E-state index is 0.703. The van der Waals surface area contributed by atoms with Gasteiger partial charge in [0.1, 0.15) is 0 Å². The first kappa shape index (κ1) is 32.1. The van der Waals surface area contributed by atoms with Crippen molar-refractivity contribution in [2.24, 2.45) is 0 Å². The van der Waals surface area contributed by atoms with Crippen LogP contribution < -0.4 is 0 Å². The van der Waals surface area contributed by atoms with Gasteiger partial charge in [-0.1, -0.05) is 146 Å². The lowest BCUT2D eigenvalue weighted by Crippen LogP contribution is -1.93. The highest BCUT2D eigenvalue weighted by atomic mass is 15.0. The van der Waals surface area contributed by atoms with E-state index < -0.39 is 0 Å². The molecule has 0 bridgehead atoms. The van der Waals surface area contributed by atoms with Gasteiger partial charge in [-0.05, 0) is 141 Å². The third kappa shape index (κ3) is 4.56. The van der Waals surface area contributed by atoms with E-state index in [2.05, 4.69) is 199 Å². The molecule has 0 aliphatic heterocycles. The van der Waals surface area contributed by atoms with E-state index in [1.165, 1.54) is 98.0 Å². The molecule has 0 saturated carbocycles. The van der Waals surface area contributed by atoms with Gasteiger partial charge in [-0.25, -0.2) is 0 Å². The van der Waals surface area contributed by atoms with Crippen molar-refractivity contribution in [3.8, 4) is 45.1 Å². The van der Waals surface area contributed by atoms with E-state index in [4.69, 9.17) is 0 Å². The highest BCUT2D eigenvalue weighted by Crippen LogP contribution is 2.45. The van der Waals surface area contributed by atoms with E-state index in [9.17, 15) is 5.26 Å². The van der Waals surface area contributed by atoms with Crippen molar-refractivity contribution >= 4 is 86.4 Å². The topological polar surface area (TPSA) is 28.7 Å².